The minimum absolute atomic E-state index is 0.0383. The average Bonchev–Trinajstić information content (AvgIpc) is 2.78. The maximum Gasteiger partial charge on any atom is 0.249 e. The van der Waals surface area contributed by atoms with Gasteiger partial charge in [-0.05, 0) is 24.3 Å². The molecular weight excluding hydrogens is 266 g/mol. The van der Waals surface area contributed by atoms with E-state index < -0.39 is 16.8 Å². The number of carbonyl (C=O) groups is 1. The van der Waals surface area contributed by atoms with Crippen molar-refractivity contribution < 1.29 is 18.3 Å². The van der Waals surface area contributed by atoms with Crippen molar-refractivity contribution in [1.82, 2.24) is 10.6 Å². The Bertz CT molecular complexity index is 408. The van der Waals surface area contributed by atoms with Gasteiger partial charge in [-0.1, -0.05) is 6.92 Å². The second kappa shape index (κ2) is 4.63. The van der Waals surface area contributed by atoms with Gasteiger partial charge in [0.1, 0.15) is 0 Å². The van der Waals surface area contributed by atoms with Gasteiger partial charge in [0, 0.05) is 32.5 Å². The fraction of sp³-hybridized carbons (Fsp3) is 0.929. The van der Waals surface area contributed by atoms with Crippen molar-refractivity contribution in [3.63, 3.8) is 0 Å². The van der Waals surface area contributed by atoms with Crippen LogP contribution >= 0.6 is 0 Å². The van der Waals surface area contributed by atoms with Gasteiger partial charge in [-0.3, -0.25) is 4.79 Å². The van der Waals surface area contributed by atoms with Crippen LogP contribution in [-0.2, 0) is 9.53 Å². The van der Waals surface area contributed by atoms with Crippen LogP contribution in [-0.4, -0.2) is 44.7 Å². The van der Waals surface area contributed by atoms with E-state index in [-0.39, 0.29) is 18.7 Å². The van der Waals surface area contributed by atoms with Crippen molar-refractivity contribution in [1.29, 1.82) is 0 Å². The zero-order valence-corrected chi connectivity index (χ0v) is 11.8. The van der Waals surface area contributed by atoms with E-state index in [1.807, 2.05) is 6.92 Å². The molecule has 2 aliphatic heterocycles. The first kappa shape index (κ1) is 14.2. The molecule has 2 heterocycles. The predicted molar refractivity (Wildman–Crippen MR) is 69.5 cm³/mol. The van der Waals surface area contributed by atoms with Gasteiger partial charge in [0.05, 0.1) is 12.0 Å². The van der Waals surface area contributed by atoms with Crippen molar-refractivity contribution >= 4 is 5.91 Å². The highest BCUT2D eigenvalue weighted by Crippen LogP contribution is 2.51. The van der Waals surface area contributed by atoms with E-state index in [2.05, 4.69) is 10.6 Å². The lowest BCUT2D eigenvalue weighted by Gasteiger charge is -2.45. The highest BCUT2D eigenvalue weighted by molar-refractivity contribution is 5.84. The second-order valence-electron chi connectivity index (χ2n) is 7.03. The summed E-state index contributed by atoms with van der Waals surface area (Å²) >= 11 is 0. The SMILES string of the molecule is CC1(CNC(=O)[C@]23CNC[C@H]2CCOC3)CC(F)(F)C1. The maximum atomic E-state index is 13.0. The first-order valence-electron chi connectivity index (χ1n) is 7.30. The lowest BCUT2D eigenvalue weighted by Crippen LogP contribution is -2.56. The van der Waals surface area contributed by atoms with Crippen LogP contribution in [0.2, 0.25) is 0 Å². The van der Waals surface area contributed by atoms with Crippen molar-refractivity contribution in [2.45, 2.75) is 32.1 Å². The smallest absolute Gasteiger partial charge is 0.249 e. The zero-order chi connectivity index (χ0) is 14.4. The van der Waals surface area contributed by atoms with Gasteiger partial charge < -0.3 is 15.4 Å². The molecule has 0 aromatic carbocycles. The Labute approximate surface area is 117 Å². The number of alkyl halides is 2. The number of halogens is 2. The van der Waals surface area contributed by atoms with Gasteiger partial charge >= 0.3 is 0 Å². The summed E-state index contributed by atoms with van der Waals surface area (Å²) in [6.07, 6.45) is 0.618. The zero-order valence-electron chi connectivity index (χ0n) is 11.8. The van der Waals surface area contributed by atoms with E-state index in [4.69, 9.17) is 4.74 Å². The molecule has 0 aromatic heterocycles. The summed E-state index contributed by atoms with van der Waals surface area (Å²) in [7, 11) is 0. The molecule has 0 aromatic rings. The van der Waals surface area contributed by atoms with Crippen LogP contribution in [0.25, 0.3) is 0 Å². The van der Waals surface area contributed by atoms with Crippen LogP contribution in [0.15, 0.2) is 0 Å². The molecule has 6 heteroatoms. The van der Waals surface area contributed by atoms with Crippen molar-refractivity contribution in [3.8, 4) is 0 Å². The predicted octanol–water partition coefficient (Wildman–Crippen LogP) is 1.16. The first-order chi connectivity index (χ1) is 9.35. The Balaban J connectivity index is 1.59. The van der Waals surface area contributed by atoms with Gasteiger partial charge in [-0.15, -0.1) is 0 Å². The number of amides is 1. The van der Waals surface area contributed by atoms with Crippen LogP contribution < -0.4 is 10.6 Å². The summed E-state index contributed by atoms with van der Waals surface area (Å²) in [5.41, 5.74) is -0.965. The first-order valence-corrected chi connectivity index (χ1v) is 7.30. The molecule has 3 aliphatic rings. The second-order valence-corrected chi connectivity index (χ2v) is 7.03. The largest absolute Gasteiger partial charge is 0.380 e. The minimum atomic E-state index is -2.55. The van der Waals surface area contributed by atoms with Gasteiger partial charge in [-0.25, -0.2) is 8.78 Å². The molecule has 3 fully saturated rings. The molecule has 2 N–H and O–H groups in total. The number of rotatable bonds is 3. The summed E-state index contributed by atoms with van der Waals surface area (Å²) in [5, 5.41) is 6.17. The molecule has 1 saturated carbocycles. The van der Waals surface area contributed by atoms with Crippen LogP contribution in [0.3, 0.4) is 0 Å². The van der Waals surface area contributed by atoms with Gasteiger partial charge in [0.25, 0.3) is 0 Å². The maximum absolute atomic E-state index is 13.0. The van der Waals surface area contributed by atoms with E-state index in [1.54, 1.807) is 0 Å². The van der Waals surface area contributed by atoms with Gasteiger partial charge in [0.15, 0.2) is 0 Å². The lowest BCUT2D eigenvalue weighted by molar-refractivity contribution is -0.159. The Morgan fingerprint density at radius 2 is 2.20 bits per heavy atom. The van der Waals surface area contributed by atoms with E-state index in [0.717, 1.165) is 13.0 Å². The molecule has 1 amide bonds. The fourth-order valence-corrected chi connectivity index (χ4v) is 3.96. The Morgan fingerprint density at radius 3 is 2.90 bits per heavy atom. The van der Waals surface area contributed by atoms with E-state index in [9.17, 15) is 13.6 Å². The Kier molecular flexibility index (Phi) is 3.29. The summed E-state index contributed by atoms with van der Waals surface area (Å²) in [6, 6.07) is 0. The number of hydrogen-bond donors (Lipinski definition) is 2. The van der Waals surface area contributed by atoms with Gasteiger partial charge in [0.2, 0.25) is 11.8 Å². The molecule has 0 radical (unpaired) electrons. The number of carbonyl (C=O) groups excluding carboxylic acids is 1. The third kappa shape index (κ3) is 2.33. The number of hydrogen-bond acceptors (Lipinski definition) is 3. The topological polar surface area (TPSA) is 50.4 Å². The molecule has 0 unspecified atom stereocenters. The van der Waals surface area contributed by atoms with Crippen molar-refractivity contribution in [2.24, 2.45) is 16.7 Å². The quantitative estimate of drug-likeness (QED) is 0.819. The van der Waals surface area contributed by atoms with E-state index in [0.29, 0.717) is 32.2 Å². The van der Waals surface area contributed by atoms with Crippen LogP contribution in [0.1, 0.15) is 26.2 Å². The average molecular weight is 288 g/mol. The molecular formula is C14H22F2N2O2. The molecule has 20 heavy (non-hydrogen) atoms. The number of nitrogens with one attached hydrogen (secondary N) is 2. The van der Waals surface area contributed by atoms with Crippen LogP contribution in [0.4, 0.5) is 8.78 Å². The third-order valence-electron chi connectivity index (χ3n) is 5.08. The summed E-state index contributed by atoms with van der Waals surface area (Å²) in [6.45, 7) is 4.73. The third-order valence-corrected chi connectivity index (χ3v) is 5.08. The standard InChI is InChI=1S/C14H22F2N2O2/c1-12(5-14(15,16)6-12)7-18-11(19)13-8-17-4-10(13)2-3-20-9-13/h10,17H,2-9H2,1H3,(H,18,19)/t10-,13+/m1/s1. The molecule has 3 rings (SSSR count). The van der Waals surface area contributed by atoms with Gasteiger partial charge in [-0.2, -0.15) is 0 Å². The highest BCUT2D eigenvalue weighted by Gasteiger charge is 2.55. The summed E-state index contributed by atoms with van der Waals surface area (Å²) < 4.78 is 31.5. The molecule has 0 bridgehead atoms. The summed E-state index contributed by atoms with van der Waals surface area (Å²) in [4.78, 5) is 12.5. The number of ether oxygens (including phenoxy) is 1. The monoisotopic (exact) mass is 288 g/mol. The normalized spacial score (nSPS) is 37.9. The Hall–Kier alpha value is -0.750. The molecule has 114 valence electrons. The van der Waals surface area contributed by atoms with E-state index in [1.165, 1.54) is 0 Å². The Morgan fingerprint density at radius 1 is 1.45 bits per heavy atom. The van der Waals surface area contributed by atoms with Crippen molar-refractivity contribution in [3.05, 3.63) is 0 Å². The number of fused-ring (bicyclic) bond motifs is 1. The summed E-state index contributed by atoms with van der Waals surface area (Å²) in [5.74, 6) is -2.29. The van der Waals surface area contributed by atoms with Crippen LogP contribution in [0.5, 0.6) is 0 Å². The highest BCUT2D eigenvalue weighted by atomic mass is 19.3. The van der Waals surface area contributed by atoms with Crippen molar-refractivity contribution in [2.75, 3.05) is 32.8 Å². The van der Waals surface area contributed by atoms with E-state index >= 15 is 0 Å². The molecule has 2 atom stereocenters. The fourth-order valence-electron chi connectivity index (χ4n) is 3.96. The molecule has 4 nitrogen and oxygen atoms in total. The molecule has 1 aliphatic carbocycles. The molecule has 0 spiro atoms. The minimum Gasteiger partial charge on any atom is -0.380 e. The molecule has 2 saturated heterocycles. The van der Waals surface area contributed by atoms with Crippen LogP contribution in [0, 0.1) is 16.7 Å². The lowest BCUT2D eigenvalue weighted by atomic mass is 9.67.